The average Bonchev–Trinajstić information content (AvgIpc) is 2.39. The van der Waals surface area contributed by atoms with E-state index in [1.165, 1.54) is 37.7 Å². The van der Waals surface area contributed by atoms with Crippen molar-refractivity contribution in [2.24, 2.45) is 5.41 Å². The summed E-state index contributed by atoms with van der Waals surface area (Å²) in [6.45, 7) is 4.47. The Morgan fingerprint density at radius 2 is 2.00 bits per heavy atom. The van der Waals surface area contributed by atoms with Gasteiger partial charge >= 0.3 is 0 Å². The maximum absolute atomic E-state index is 5.25. The van der Waals surface area contributed by atoms with Crippen LogP contribution in [0.1, 0.15) is 44.6 Å². The molecule has 3 heteroatoms. The molecule has 0 atom stereocenters. The van der Waals surface area contributed by atoms with Crippen LogP contribution >= 0.6 is 15.9 Å². The Labute approximate surface area is 125 Å². The van der Waals surface area contributed by atoms with E-state index in [-0.39, 0.29) is 0 Å². The lowest BCUT2D eigenvalue weighted by molar-refractivity contribution is 0.207. The second-order valence-electron chi connectivity index (χ2n) is 5.94. The van der Waals surface area contributed by atoms with Gasteiger partial charge in [0.15, 0.2) is 0 Å². The molecule has 0 heterocycles. The van der Waals surface area contributed by atoms with Crippen LogP contribution in [0.3, 0.4) is 0 Å². The van der Waals surface area contributed by atoms with Crippen LogP contribution in [0.15, 0.2) is 22.7 Å². The van der Waals surface area contributed by atoms with E-state index in [1.54, 1.807) is 7.11 Å². The van der Waals surface area contributed by atoms with Crippen molar-refractivity contribution in [2.75, 3.05) is 13.7 Å². The molecule has 1 aromatic carbocycles. The van der Waals surface area contributed by atoms with Crippen LogP contribution in [0.5, 0.6) is 5.75 Å². The summed E-state index contributed by atoms with van der Waals surface area (Å²) in [5, 5.41) is 3.61. The topological polar surface area (TPSA) is 21.3 Å². The smallest absolute Gasteiger partial charge is 0.133 e. The fraction of sp³-hybridized carbons (Fsp3) is 0.625. The third kappa shape index (κ3) is 4.22. The molecule has 0 saturated heterocycles. The fourth-order valence-electron chi connectivity index (χ4n) is 2.91. The van der Waals surface area contributed by atoms with Gasteiger partial charge in [-0.2, -0.15) is 0 Å². The molecular formula is C16H24BrNO. The highest BCUT2D eigenvalue weighted by Gasteiger charge is 2.25. The van der Waals surface area contributed by atoms with Crippen molar-refractivity contribution in [1.82, 2.24) is 5.32 Å². The van der Waals surface area contributed by atoms with Gasteiger partial charge in [0.1, 0.15) is 5.75 Å². The molecule has 1 saturated carbocycles. The molecule has 1 fully saturated rings. The summed E-state index contributed by atoms with van der Waals surface area (Å²) in [4.78, 5) is 0. The molecular weight excluding hydrogens is 302 g/mol. The lowest BCUT2D eigenvalue weighted by Gasteiger charge is -2.33. The number of rotatable bonds is 5. The van der Waals surface area contributed by atoms with E-state index in [9.17, 15) is 0 Å². The summed E-state index contributed by atoms with van der Waals surface area (Å²) in [6, 6.07) is 6.28. The van der Waals surface area contributed by atoms with Crippen LogP contribution in [0, 0.1) is 5.41 Å². The summed E-state index contributed by atoms with van der Waals surface area (Å²) in [7, 11) is 1.70. The molecule has 0 bridgehead atoms. The molecule has 0 radical (unpaired) electrons. The van der Waals surface area contributed by atoms with Crippen LogP contribution < -0.4 is 10.1 Å². The first-order valence-corrected chi connectivity index (χ1v) is 7.95. The zero-order valence-electron chi connectivity index (χ0n) is 12.0. The Morgan fingerprint density at radius 3 is 2.63 bits per heavy atom. The monoisotopic (exact) mass is 325 g/mol. The Bertz CT molecular complexity index is 413. The van der Waals surface area contributed by atoms with Crippen molar-refractivity contribution < 1.29 is 4.74 Å². The number of nitrogens with one attached hydrogen (secondary N) is 1. The maximum Gasteiger partial charge on any atom is 0.133 e. The minimum atomic E-state index is 0.502. The molecule has 1 aliphatic carbocycles. The van der Waals surface area contributed by atoms with Gasteiger partial charge in [-0.25, -0.2) is 0 Å². The van der Waals surface area contributed by atoms with Gasteiger partial charge < -0.3 is 10.1 Å². The highest BCUT2D eigenvalue weighted by atomic mass is 79.9. The fourth-order valence-corrected chi connectivity index (χ4v) is 3.50. The summed E-state index contributed by atoms with van der Waals surface area (Å²) in [5.41, 5.74) is 1.80. The van der Waals surface area contributed by atoms with E-state index >= 15 is 0 Å². The molecule has 2 nitrogen and oxygen atoms in total. The predicted octanol–water partition coefficient (Wildman–Crippen LogP) is 4.52. The van der Waals surface area contributed by atoms with E-state index < -0.39 is 0 Å². The van der Waals surface area contributed by atoms with Gasteiger partial charge in [0, 0.05) is 13.1 Å². The zero-order chi connectivity index (χ0) is 13.7. The van der Waals surface area contributed by atoms with Crippen molar-refractivity contribution in [1.29, 1.82) is 0 Å². The van der Waals surface area contributed by atoms with Crippen LogP contribution in [0.4, 0.5) is 0 Å². The van der Waals surface area contributed by atoms with Crippen molar-refractivity contribution in [3.63, 3.8) is 0 Å². The molecule has 1 aliphatic rings. The molecule has 19 heavy (non-hydrogen) atoms. The van der Waals surface area contributed by atoms with Gasteiger partial charge in [-0.1, -0.05) is 32.3 Å². The van der Waals surface area contributed by atoms with E-state index in [0.29, 0.717) is 5.41 Å². The third-order valence-corrected chi connectivity index (χ3v) is 4.78. The first-order chi connectivity index (χ1) is 9.13. The number of hydrogen-bond acceptors (Lipinski definition) is 2. The van der Waals surface area contributed by atoms with Crippen molar-refractivity contribution in [3.8, 4) is 5.75 Å². The molecule has 1 N–H and O–H groups in total. The van der Waals surface area contributed by atoms with Gasteiger partial charge in [0.05, 0.1) is 11.6 Å². The number of halogens is 1. The van der Waals surface area contributed by atoms with Gasteiger partial charge in [-0.05, 0) is 51.9 Å². The van der Waals surface area contributed by atoms with Crippen LogP contribution in [-0.2, 0) is 6.54 Å². The zero-order valence-corrected chi connectivity index (χ0v) is 13.6. The Morgan fingerprint density at radius 1 is 1.26 bits per heavy atom. The number of hydrogen-bond donors (Lipinski definition) is 1. The largest absolute Gasteiger partial charge is 0.496 e. The van der Waals surface area contributed by atoms with Gasteiger partial charge in [-0.3, -0.25) is 0 Å². The minimum absolute atomic E-state index is 0.502. The van der Waals surface area contributed by atoms with Crippen LogP contribution in [0.25, 0.3) is 0 Å². The standard InChI is InChI=1S/C16H24BrNO/c1-16(8-4-3-5-9-16)12-18-11-13-6-7-15(19-2)14(17)10-13/h6-7,10,18H,3-5,8-9,11-12H2,1-2H3. The summed E-state index contributed by atoms with van der Waals surface area (Å²) < 4.78 is 6.27. The second kappa shape index (κ2) is 6.76. The van der Waals surface area contributed by atoms with E-state index in [1.807, 2.05) is 6.07 Å². The molecule has 0 aromatic heterocycles. The van der Waals surface area contributed by atoms with E-state index in [2.05, 4.69) is 40.3 Å². The van der Waals surface area contributed by atoms with Crippen molar-refractivity contribution in [3.05, 3.63) is 28.2 Å². The predicted molar refractivity (Wildman–Crippen MR) is 83.6 cm³/mol. The Kier molecular flexibility index (Phi) is 5.28. The first-order valence-electron chi connectivity index (χ1n) is 7.16. The molecule has 0 spiro atoms. The molecule has 1 aromatic rings. The normalized spacial score (nSPS) is 18.3. The number of methoxy groups -OCH3 is 1. The van der Waals surface area contributed by atoms with Gasteiger partial charge in [0.25, 0.3) is 0 Å². The average molecular weight is 326 g/mol. The molecule has 0 unspecified atom stereocenters. The second-order valence-corrected chi connectivity index (χ2v) is 6.80. The van der Waals surface area contributed by atoms with E-state index in [0.717, 1.165) is 23.3 Å². The van der Waals surface area contributed by atoms with Gasteiger partial charge in [-0.15, -0.1) is 0 Å². The van der Waals surface area contributed by atoms with Crippen LogP contribution in [0.2, 0.25) is 0 Å². The maximum atomic E-state index is 5.25. The summed E-state index contributed by atoms with van der Waals surface area (Å²) >= 11 is 3.53. The minimum Gasteiger partial charge on any atom is -0.496 e. The number of benzene rings is 1. The van der Waals surface area contributed by atoms with Crippen molar-refractivity contribution >= 4 is 15.9 Å². The lowest BCUT2D eigenvalue weighted by Crippen LogP contribution is -2.33. The van der Waals surface area contributed by atoms with E-state index in [4.69, 9.17) is 4.74 Å². The van der Waals surface area contributed by atoms with Crippen LogP contribution in [-0.4, -0.2) is 13.7 Å². The highest BCUT2D eigenvalue weighted by molar-refractivity contribution is 9.10. The molecule has 2 rings (SSSR count). The van der Waals surface area contributed by atoms with Crippen molar-refractivity contribution in [2.45, 2.75) is 45.6 Å². The quantitative estimate of drug-likeness (QED) is 0.859. The molecule has 0 aliphatic heterocycles. The lowest BCUT2D eigenvalue weighted by atomic mass is 9.76. The first kappa shape index (κ1) is 14.9. The Hall–Kier alpha value is -0.540. The van der Waals surface area contributed by atoms with Gasteiger partial charge in [0.2, 0.25) is 0 Å². The molecule has 106 valence electrons. The number of ether oxygens (including phenoxy) is 1. The highest BCUT2D eigenvalue weighted by Crippen LogP contribution is 2.35. The Balaban J connectivity index is 1.83. The molecule has 0 amide bonds. The summed E-state index contributed by atoms with van der Waals surface area (Å²) in [5.74, 6) is 0.892. The third-order valence-electron chi connectivity index (χ3n) is 4.16. The SMILES string of the molecule is COc1ccc(CNCC2(C)CCCCC2)cc1Br. The summed E-state index contributed by atoms with van der Waals surface area (Å²) in [6.07, 6.45) is 6.94.